The molecule has 1 aromatic heterocycles. The number of aromatic nitrogens is 2. The van der Waals surface area contributed by atoms with Crippen molar-refractivity contribution < 1.29 is 14.3 Å². The van der Waals surface area contributed by atoms with E-state index >= 15 is 0 Å². The van der Waals surface area contributed by atoms with Gasteiger partial charge >= 0.3 is 0 Å². The van der Waals surface area contributed by atoms with Gasteiger partial charge in [0.05, 0.1) is 44.0 Å². The first kappa shape index (κ1) is 36.1. The molecule has 8 nitrogen and oxygen atoms in total. The van der Waals surface area contributed by atoms with E-state index in [1.807, 2.05) is 28.9 Å². The lowest BCUT2D eigenvalue weighted by atomic mass is 10.1. The summed E-state index contributed by atoms with van der Waals surface area (Å²) in [6.07, 6.45) is 14.5. The second kappa shape index (κ2) is 20.8. The highest BCUT2D eigenvalue weighted by atomic mass is 16.5. The number of likely N-dealkylation sites (tertiary alicyclic amines) is 1. The van der Waals surface area contributed by atoms with Gasteiger partial charge in [-0.1, -0.05) is 78.7 Å². The minimum Gasteiger partial charge on any atom is -0.496 e. The van der Waals surface area contributed by atoms with Crippen molar-refractivity contribution in [2.24, 2.45) is 0 Å². The maximum Gasteiger partial charge on any atom is 0.272 e. The fraction of sp³-hybridized carbons (Fsp3) is 0.686. The Hall–Kier alpha value is -3.05. The summed E-state index contributed by atoms with van der Waals surface area (Å²) in [4.78, 5) is 15.8. The lowest BCUT2D eigenvalue weighted by molar-refractivity contribution is 0.0925. The lowest BCUT2D eigenvalue weighted by Crippen LogP contribution is -2.39. The molecule has 0 spiro atoms. The van der Waals surface area contributed by atoms with E-state index in [-0.39, 0.29) is 24.4 Å². The predicted octanol–water partition coefficient (Wildman–Crippen LogP) is 8.18. The molecule has 1 N–H and O–H groups in total. The number of nitrogens with one attached hydrogen (secondary N) is 1. The van der Waals surface area contributed by atoms with Gasteiger partial charge in [-0.25, -0.2) is 0 Å². The van der Waals surface area contributed by atoms with E-state index in [1.54, 1.807) is 14.2 Å². The second-order valence-electron chi connectivity index (χ2n) is 11.6. The Morgan fingerprint density at radius 3 is 2.14 bits per heavy atom. The SMILES string of the molecule is CCC.CCCCC.COc1cccc(OC)c1-c1cc(C(=O)NC(CC#N)CCN2CCCCC2)nn1C1CCCC1. The van der Waals surface area contributed by atoms with Crippen LogP contribution in [0.25, 0.3) is 11.3 Å². The maximum absolute atomic E-state index is 13.3. The third-order valence-corrected chi connectivity index (χ3v) is 7.95. The molecule has 240 valence electrons. The number of hydrogen-bond acceptors (Lipinski definition) is 6. The van der Waals surface area contributed by atoms with Gasteiger partial charge in [0.15, 0.2) is 5.69 Å². The molecule has 0 radical (unpaired) electrons. The molecule has 0 bridgehead atoms. The van der Waals surface area contributed by atoms with E-state index in [9.17, 15) is 10.1 Å². The molecule has 1 atom stereocenters. The number of rotatable bonds is 12. The van der Waals surface area contributed by atoms with Crippen molar-refractivity contribution in [2.45, 2.75) is 123 Å². The van der Waals surface area contributed by atoms with Crippen molar-refractivity contribution in [1.82, 2.24) is 20.0 Å². The fourth-order valence-corrected chi connectivity index (χ4v) is 5.69. The summed E-state index contributed by atoms with van der Waals surface area (Å²) >= 11 is 0. The predicted molar refractivity (Wildman–Crippen MR) is 176 cm³/mol. The molecule has 1 aliphatic carbocycles. The number of benzene rings is 1. The van der Waals surface area contributed by atoms with Gasteiger partial charge in [-0.3, -0.25) is 9.48 Å². The number of nitriles is 1. The van der Waals surface area contributed by atoms with Crippen LogP contribution in [0.2, 0.25) is 0 Å². The number of hydrogen-bond donors (Lipinski definition) is 1. The Bertz CT molecular complexity index is 1070. The van der Waals surface area contributed by atoms with E-state index in [2.05, 4.69) is 44.0 Å². The van der Waals surface area contributed by atoms with Crippen molar-refractivity contribution in [2.75, 3.05) is 33.9 Å². The van der Waals surface area contributed by atoms with Crippen molar-refractivity contribution >= 4 is 5.91 Å². The van der Waals surface area contributed by atoms with Crippen molar-refractivity contribution in [3.8, 4) is 28.8 Å². The minimum absolute atomic E-state index is 0.199. The largest absolute Gasteiger partial charge is 0.496 e. The summed E-state index contributed by atoms with van der Waals surface area (Å²) < 4.78 is 13.3. The molecular weight excluding hydrogens is 538 g/mol. The van der Waals surface area contributed by atoms with Crippen LogP contribution in [0.15, 0.2) is 24.3 Å². The summed E-state index contributed by atoms with van der Waals surface area (Å²) in [6.45, 7) is 11.8. The number of carbonyl (C=O) groups is 1. The Morgan fingerprint density at radius 2 is 1.63 bits per heavy atom. The number of carbonyl (C=O) groups excluding carboxylic acids is 1. The first-order chi connectivity index (χ1) is 21.0. The third kappa shape index (κ3) is 11.5. The molecule has 1 aromatic carbocycles. The third-order valence-electron chi connectivity index (χ3n) is 7.95. The van der Waals surface area contributed by atoms with E-state index in [0.717, 1.165) is 63.0 Å². The molecule has 1 saturated heterocycles. The smallest absolute Gasteiger partial charge is 0.272 e. The second-order valence-corrected chi connectivity index (χ2v) is 11.6. The number of amides is 1. The van der Waals surface area contributed by atoms with Crippen LogP contribution < -0.4 is 14.8 Å². The molecular formula is C35H57N5O3. The molecule has 1 amide bonds. The normalized spacial score (nSPS) is 15.7. The van der Waals surface area contributed by atoms with Crippen molar-refractivity contribution in [1.29, 1.82) is 5.26 Å². The number of unbranched alkanes of at least 4 members (excludes halogenated alkanes) is 2. The van der Waals surface area contributed by atoms with E-state index in [0.29, 0.717) is 17.2 Å². The monoisotopic (exact) mass is 595 g/mol. The van der Waals surface area contributed by atoms with Gasteiger partial charge in [-0.2, -0.15) is 10.4 Å². The molecule has 1 saturated carbocycles. The summed E-state index contributed by atoms with van der Waals surface area (Å²) in [6, 6.07) is 9.79. The molecule has 43 heavy (non-hydrogen) atoms. The molecule has 8 heteroatoms. The first-order valence-electron chi connectivity index (χ1n) is 16.7. The van der Waals surface area contributed by atoms with Gasteiger partial charge in [0.2, 0.25) is 0 Å². The van der Waals surface area contributed by atoms with Gasteiger partial charge in [0.1, 0.15) is 11.5 Å². The van der Waals surface area contributed by atoms with Crippen LogP contribution in [0.4, 0.5) is 0 Å². The first-order valence-corrected chi connectivity index (χ1v) is 16.7. The highest BCUT2D eigenvalue weighted by molar-refractivity contribution is 5.94. The zero-order valence-electron chi connectivity index (χ0n) is 27.8. The Balaban J connectivity index is 0.000000719. The molecule has 2 fully saturated rings. The summed E-state index contributed by atoms with van der Waals surface area (Å²) in [5.41, 5.74) is 1.98. The zero-order valence-corrected chi connectivity index (χ0v) is 27.8. The van der Waals surface area contributed by atoms with Crippen LogP contribution in [-0.2, 0) is 0 Å². The Kier molecular flexibility index (Phi) is 17.5. The summed E-state index contributed by atoms with van der Waals surface area (Å²) in [5, 5.41) is 17.2. The quantitative estimate of drug-likeness (QED) is 0.266. The van der Waals surface area contributed by atoms with E-state index in [4.69, 9.17) is 14.6 Å². The minimum atomic E-state index is -0.240. The van der Waals surface area contributed by atoms with Crippen LogP contribution in [-0.4, -0.2) is 60.5 Å². The van der Waals surface area contributed by atoms with Gasteiger partial charge in [0, 0.05) is 12.6 Å². The van der Waals surface area contributed by atoms with Crippen molar-refractivity contribution in [3.63, 3.8) is 0 Å². The highest BCUT2D eigenvalue weighted by Crippen LogP contribution is 2.41. The highest BCUT2D eigenvalue weighted by Gasteiger charge is 2.28. The van der Waals surface area contributed by atoms with Crippen molar-refractivity contribution in [3.05, 3.63) is 30.0 Å². The van der Waals surface area contributed by atoms with Crippen LogP contribution in [0.5, 0.6) is 11.5 Å². The molecule has 2 aromatic rings. The van der Waals surface area contributed by atoms with Gasteiger partial charge in [-0.05, 0) is 63.4 Å². The van der Waals surface area contributed by atoms with Gasteiger partial charge < -0.3 is 19.7 Å². The summed E-state index contributed by atoms with van der Waals surface area (Å²) in [5.74, 6) is 1.12. The number of methoxy groups -OCH3 is 2. The molecule has 2 heterocycles. The van der Waals surface area contributed by atoms with Crippen LogP contribution in [0.1, 0.15) is 128 Å². The number of nitrogens with zero attached hydrogens (tertiary/aromatic N) is 4. The van der Waals surface area contributed by atoms with Crippen LogP contribution in [0.3, 0.4) is 0 Å². The van der Waals surface area contributed by atoms with Gasteiger partial charge in [0.25, 0.3) is 5.91 Å². The molecule has 1 unspecified atom stereocenters. The summed E-state index contributed by atoms with van der Waals surface area (Å²) in [7, 11) is 3.27. The zero-order chi connectivity index (χ0) is 31.5. The van der Waals surface area contributed by atoms with Crippen LogP contribution in [0, 0.1) is 11.3 Å². The Morgan fingerprint density at radius 1 is 1.02 bits per heavy atom. The van der Waals surface area contributed by atoms with E-state index < -0.39 is 0 Å². The topological polar surface area (TPSA) is 92.4 Å². The van der Waals surface area contributed by atoms with Crippen LogP contribution >= 0.6 is 0 Å². The Labute approximate surface area is 261 Å². The average Bonchev–Trinajstić information content (AvgIpc) is 3.72. The number of piperidine rings is 1. The molecule has 1 aliphatic heterocycles. The molecule has 4 rings (SSSR count). The molecule has 2 aliphatic rings. The van der Waals surface area contributed by atoms with E-state index in [1.165, 1.54) is 44.9 Å². The average molecular weight is 596 g/mol. The lowest BCUT2D eigenvalue weighted by Gasteiger charge is -2.28. The van der Waals surface area contributed by atoms with Gasteiger partial charge in [-0.15, -0.1) is 0 Å². The standard InChI is InChI=1S/C27H37N5O3.C5H12.C3H8/c1-34-24-11-8-12-25(35-2)26(24)23-19-22(30-32(23)21-9-4-5-10-21)27(33)29-20(13-15-28)14-18-31-16-6-3-7-17-31;1-3-5-4-2;1-3-2/h8,11-12,19-21H,3-7,9-10,13-14,16-18H2,1-2H3,(H,29,33);3-5H2,1-2H3;3H2,1-2H3. The fourth-order valence-electron chi connectivity index (χ4n) is 5.69. The maximum atomic E-state index is 13.3. The number of ether oxygens (including phenoxy) is 2.